The minimum atomic E-state index is -4.34. The maximum atomic E-state index is 11.0. The Kier molecular flexibility index (Phi) is 5.40. The van der Waals surface area contributed by atoms with Crippen molar-refractivity contribution in [3.8, 4) is 17.2 Å². The monoisotopic (exact) mass is 436 g/mol. The first-order chi connectivity index (χ1) is 14.9. The first kappa shape index (κ1) is 20.1. The van der Waals surface area contributed by atoms with E-state index >= 15 is 0 Å². The van der Waals surface area contributed by atoms with Crippen LogP contribution in [0.2, 0.25) is 0 Å². The van der Waals surface area contributed by atoms with Crippen LogP contribution in [-0.2, 0) is 16.8 Å². The number of furan rings is 1. The van der Waals surface area contributed by atoms with Gasteiger partial charge < -0.3 is 4.42 Å². The molecule has 0 aliphatic rings. The van der Waals surface area contributed by atoms with Gasteiger partial charge in [0.2, 0.25) is 0 Å². The van der Waals surface area contributed by atoms with Gasteiger partial charge in [0.05, 0.1) is 42.1 Å². The summed E-state index contributed by atoms with van der Waals surface area (Å²) in [7, 11) is -4.34. The van der Waals surface area contributed by atoms with E-state index in [2.05, 4.69) is 16.3 Å². The van der Waals surface area contributed by atoms with E-state index in [1.165, 1.54) is 0 Å². The summed E-state index contributed by atoms with van der Waals surface area (Å²) in [5.41, 5.74) is 3.87. The highest BCUT2D eigenvalue weighted by atomic mass is 32.2. The second-order valence-corrected chi connectivity index (χ2v) is 7.68. The number of nitriles is 1. The summed E-state index contributed by atoms with van der Waals surface area (Å²) in [6, 6.07) is 15.9. The molecule has 2 aromatic heterocycles. The summed E-state index contributed by atoms with van der Waals surface area (Å²) in [5, 5.41) is 19.1. The molecule has 2 heterocycles. The molecule has 11 heteroatoms. The van der Waals surface area contributed by atoms with Crippen molar-refractivity contribution >= 4 is 21.7 Å². The Morgan fingerprint density at radius 1 is 1.13 bits per heavy atom. The Balaban J connectivity index is 1.69. The molecule has 0 amide bonds. The zero-order valence-electron chi connectivity index (χ0n) is 16.0. The van der Waals surface area contributed by atoms with E-state index in [1.54, 1.807) is 66.3 Å². The number of anilines is 2. The highest BCUT2D eigenvalue weighted by Crippen LogP contribution is 2.30. The molecule has 31 heavy (non-hydrogen) atoms. The number of hydrogen-bond acceptors (Lipinski definition) is 7. The molecule has 0 unspecified atom stereocenters. The zero-order chi connectivity index (χ0) is 21.8. The van der Waals surface area contributed by atoms with Crippen LogP contribution in [0.25, 0.3) is 11.1 Å². The summed E-state index contributed by atoms with van der Waals surface area (Å²) in [6.45, 7) is 0.390. The predicted molar refractivity (Wildman–Crippen MR) is 112 cm³/mol. The average molecular weight is 436 g/mol. The van der Waals surface area contributed by atoms with E-state index in [0.29, 0.717) is 12.1 Å². The highest BCUT2D eigenvalue weighted by molar-refractivity contribution is 7.87. The molecule has 0 atom stereocenters. The van der Waals surface area contributed by atoms with E-state index in [0.717, 1.165) is 22.4 Å². The van der Waals surface area contributed by atoms with Crippen LogP contribution in [-0.4, -0.2) is 27.8 Å². The van der Waals surface area contributed by atoms with E-state index in [1.807, 2.05) is 21.9 Å². The van der Waals surface area contributed by atoms with Gasteiger partial charge in [-0.25, -0.2) is 4.68 Å². The van der Waals surface area contributed by atoms with Gasteiger partial charge in [0.15, 0.2) is 0 Å². The number of aromatic nitrogens is 3. The molecule has 156 valence electrons. The number of hydrogen-bond donors (Lipinski definition) is 2. The fourth-order valence-electron chi connectivity index (χ4n) is 3.07. The Bertz CT molecular complexity index is 1310. The van der Waals surface area contributed by atoms with Gasteiger partial charge in [0.25, 0.3) is 0 Å². The molecular weight excluding hydrogens is 420 g/mol. The molecule has 0 bridgehead atoms. The van der Waals surface area contributed by atoms with E-state index < -0.39 is 10.3 Å². The third-order valence-electron chi connectivity index (χ3n) is 4.47. The number of rotatable bonds is 7. The van der Waals surface area contributed by atoms with Crippen LogP contribution in [0, 0.1) is 11.3 Å². The van der Waals surface area contributed by atoms with E-state index in [4.69, 9.17) is 8.97 Å². The van der Waals surface area contributed by atoms with Crippen LogP contribution < -0.4 is 9.73 Å². The summed E-state index contributed by atoms with van der Waals surface area (Å²) < 4.78 is 39.7. The van der Waals surface area contributed by atoms with Gasteiger partial charge in [0.1, 0.15) is 12.7 Å². The molecular formula is C20H16N6O4S. The predicted octanol–water partition coefficient (Wildman–Crippen LogP) is 3.09. The third kappa shape index (κ3) is 4.72. The van der Waals surface area contributed by atoms with Crippen molar-refractivity contribution < 1.29 is 17.4 Å². The van der Waals surface area contributed by atoms with Crippen LogP contribution in [0.3, 0.4) is 0 Å². The fourth-order valence-corrected chi connectivity index (χ4v) is 3.51. The van der Waals surface area contributed by atoms with Crippen molar-refractivity contribution in [2.45, 2.75) is 6.54 Å². The average Bonchev–Trinajstić information content (AvgIpc) is 3.46. The van der Waals surface area contributed by atoms with E-state index in [9.17, 15) is 13.7 Å². The summed E-state index contributed by atoms with van der Waals surface area (Å²) >= 11 is 0. The first-order valence-electron chi connectivity index (χ1n) is 8.96. The number of nitrogens with one attached hydrogen (secondary N) is 1. The number of nitrogens with zero attached hydrogens (tertiary/aromatic N) is 5. The Morgan fingerprint density at radius 3 is 2.48 bits per heavy atom. The number of benzene rings is 2. The van der Waals surface area contributed by atoms with Gasteiger partial charge >= 0.3 is 10.3 Å². The molecule has 0 aliphatic heterocycles. The Labute approximate surface area is 177 Å². The van der Waals surface area contributed by atoms with Crippen molar-refractivity contribution in [1.82, 2.24) is 14.9 Å². The maximum Gasteiger partial charge on any atom is 0.357 e. The highest BCUT2D eigenvalue weighted by Gasteiger charge is 2.15. The summed E-state index contributed by atoms with van der Waals surface area (Å²) in [6.07, 6.45) is 6.21. The van der Waals surface area contributed by atoms with Crippen molar-refractivity contribution in [3.05, 3.63) is 84.8 Å². The minimum Gasteiger partial charge on any atom is -0.472 e. The molecule has 2 aromatic carbocycles. The Hall–Kier alpha value is -4.14. The van der Waals surface area contributed by atoms with Crippen LogP contribution in [0.15, 0.2) is 78.1 Å². The third-order valence-corrected chi connectivity index (χ3v) is 4.97. The van der Waals surface area contributed by atoms with Gasteiger partial charge in [-0.1, -0.05) is 12.1 Å². The van der Waals surface area contributed by atoms with Crippen LogP contribution in [0.5, 0.6) is 0 Å². The van der Waals surface area contributed by atoms with Gasteiger partial charge in [-0.05, 0) is 42.0 Å². The summed E-state index contributed by atoms with van der Waals surface area (Å²) in [5.74, 6) is 0. The molecule has 4 aromatic rings. The second-order valence-electron chi connectivity index (χ2n) is 6.53. The normalized spacial score (nSPS) is 11.1. The van der Waals surface area contributed by atoms with Gasteiger partial charge in [-0.3, -0.25) is 14.3 Å². The quantitative estimate of drug-likeness (QED) is 0.422. The molecule has 0 saturated carbocycles. The molecule has 0 saturated heterocycles. The first-order valence-corrected chi connectivity index (χ1v) is 10.4. The molecule has 0 fully saturated rings. The fraction of sp³-hybridized carbons (Fsp3) is 0.0500. The standard InChI is InChI=1S/C20H16N6O4S/c21-10-16-3-6-19(9-20(16)17-7-8-30-12-17)26(25-13-22-23-14-25)11-15-1-4-18(5-2-15)24-31(27,28)29/h1-9,12-14,24H,11H2,(H,27,28,29). The summed E-state index contributed by atoms with van der Waals surface area (Å²) in [4.78, 5) is 0. The van der Waals surface area contributed by atoms with Crippen LogP contribution >= 0.6 is 0 Å². The zero-order valence-corrected chi connectivity index (χ0v) is 16.8. The molecule has 4 rings (SSSR count). The molecule has 0 aliphatic carbocycles. The van der Waals surface area contributed by atoms with Gasteiger partial charge in [-0.2, -0.15) is 13.7 Å². The minimum absolute atomic E-state index is 0.239. The topological polar surface area (TPSA) is 137 Å². The van der Waals surface area contributed by atoms with E-state index in [-0.39, 0.29) is 5.69 Å². The van der Waals surface area contributed by atoms with Gasteiger partial charge in [-0.15, -0.1) is 10.2 Å². The SMILES string of the molecule is N#Cc1ccc(N(Cc2ccc(NS(=O)(=O)O)cc2)n2cnnc2)cc1-c1ccoc1. The molecule has 0 spiro atoms. The lowest BCUT2D eigenvalue weighted by Gasteiger charge is -2.26. The second kappa shape index (κ2) is 8.31. The lowest BCUT2D eigenvalue weighted by Crippen LogP contribution is -2.28. The molecule has 10 nitrogen and oxygen atoms in total. The smallest absolute Gasteiger partial charge is 0.357 e. The largest absolute Gasteiger partial charge is 0.472 e. The van der Waals surface area contributed by atoms with Crippen molar-refractivity contribution in [2.75, 3.05) is 9.73 Å². The molecule has 2 N–H and O–H groups in total. The maximum absolute atomic E-state index is 11.0. The lowest BCUT2D eigenvalue weighted by molar-refractivity contribution is 0.489. The van der Waals surface area contributed by atoms with Crippen molar-refractivity contribution in [2.24, 2.45) is 0 Å². The van der Waals surface area contributed by atoms with Gasteiger partial charge in [0, 0.05) is 11.1 Å². The van der Waals surface area contributed by atoms with Crippen molar-refractivity contribution in [3.63, 3.8) is 0 Å². The van der Waals surface area contributed by atoms with Crippen molar-refractivity contribution in [1.29, 1.82) is 5.26 Å². The Morgan fingerprint density at radius 2 is 1.87 bits per heavy atom. The van der Waals surface area contributed by atoms with Crippen LogP contribution in [0.1, 0.15) is 11.1 Å². The van der Waals surface area contributed by atoms with Crippen LogP contribution in [0.4, 0.5) is 11.4 Å². The molecule has 0 radical (unpaired) electrons. The lowest BCUT2D eigenvalue weighted by atomic mass is 10.0.